The molecule has 0 aromatic heterocycles. The summed E-state index contributed by atoms with van der Waals surface area (Å²) in [6.07, 6.45) is 1.76. The molecule has 15 heteroatoms. The van der Waals surface area contributed by atoms with E-state index in [4.69, 9.17) is 9.26 Å². The molecule has 0 saturated carbocycles. The first kappa shape index (κ1) is 53.5. The maximum absolute atomic E-state index is 14.6. The smallest absolute Gasteiger partial charge is 0.261 e. The van der Waals surface area contributed by atoms with Gasteiger partial charge in [0.1, 0.15) is 23.7 Å². The van der Waals surface area contributed by atoms with Gasteiger partial charge in [-0.15, -0.1) is 0 Å². The third-order valence-corrected chi connectivity index (χ3v) is 14.3. The molecule has 5 rings (SSSR count). The monoisotopic (exact) mass is 951 g/mol. The number of ketones is 1. The lowest BCUT2D eigenvalue weighted by atomic mass is 9.90. The van der Waals surface area contributed by atoms with Crippen LogP contribution in [0.25, 0.3) is 0 Å². The van der Waals surface area contributed by atoms with Gasteiger partial charge in [-0.05, 0) is 86.3 Å². The summed E-state index contributed by atoms with van der Waals surface area (Å²) in [5, 5.41) is 24.2. The number of ether oxygens (including phenoxy) is 1. The summed E-state index contributed by atoms with van der Waals surface area (Å²) in [6, 6.07) is 31.4. The minimum Gasteiger partial charge on any atom is -0.380 e. The zero-order valence-electron chi connectivity index (χ0n) is 40.1. The number of carbonyl (C=O) groups excluding carboxylic acids is 5. The molecule has 366 valence electrons. The quantitative estimate of drug-likeness (QED) is 0.0543. The molecule has 2 unspecified atom stereocenters. The van der Waals surface area contributed by atoms with Crippen LogP contribution in [0.15, 0.2) is 121 Å². The summed E-state index contributed by atoms with van der Waals surface area (Å²) in [7, 11) is -3.79. The van der Waals surface area contributed by atoms with Crippen molar-refractivity contribution in [3.63, 3.8) is 0 Å². The van der Waals surface area contributed by atoms with E-state index in [1.807, 2.05) is 93.3 Å². The standard InChI is InChI=1S/C53H70N5O9P/c1-38(2)26-28-45(55-50(61)44(29-27-40-18-10-6-11-19-40)54-48(59)36-58-30-32-66-33-31-58)51(62)57-47(35-41-20-12-7-13-21-41)52(63)56-46(34-39(3)4)49(60)53(5,64)37-67-68(65,42-22-14-8-15-23-42)43-24-16-9-17-25-43/h6-25,38-39,44-47,64H,26-37H2,1-5H3,(H,54,59)(H,55,61)(H,56,63)(H,57,62)/t44-,45-,46?,47-,53?/m0/s1. The molecular weight excluding hydrogens is 882 g/mol. The Labute approximate surface area is 401 Å². The van der Waals surface area contributed by atoms with Crippen LogP contribution < -0.4 is 31.9 Å². The van der Waals surface area contributed by atoms with E-state index in [9.17, 15) is 33.6 Å². The Morgan fingerprint density at radius 3 is 1.63 bits per heavy atom. The fraction of sp³-hybridized carbons (Fsp3) is 0.453. The van der Waals surface area contributed by atoms with Crippen LogP contribution in [0, 0.1) is 11.8 Å². The third kappa shape index (κ3) is 16.6. The lowest BCUT2D eigenvalue weighted by molar-refractivity contribution is -0.143. The SMILES string of the molecule is CC(C)CC[C@H](NC(=O)[C@H](CCc1ccccc1)NC(=O)CN1CCOCC1)C(=O)N[C@@H](Cc1ccccc1)C(=O)NC(CC(C)C)C(=O)C(C)(O)COP(=O)(c1ccccc1)c1ccccc1. The molecule has 5 N–H and O–H groups in total. The molecule has 1 aliphatic heterocycles. The topological polar surface area (TPSA) is 192 Å². The molecule has 4 aromatic rings. The number of amides is 4. The highest BCUT2D eigenvalue weighted by Crippen LogP contribution is 2.45. The first-order chi connectivity index (χ1) is 32.5. The van der Waals surface area contributed by atoms with Crippen molar-refractivity contribution in [1.82, 2.24) is 26.2 Å². The number of morpholine rings is 1. The molecule has 4 amide bonds. The molecule has 0 aliphatic carbocycles. The van der Waals surface area contributed by atoms with Crippen LogP contribution in [0.3, 0.4) is 0 Å². The van der Waals surface area contributed by atoms with Gasteiger partial charge in [0.2, 0.25) is 23.6 Å². The van der Waals surface area contributed by atoms with Gasteiger partial charge < -0.3 is 35.6 Å². The Morgan fingerprint density at radius 1 is 0.632 bits per heavy atom. The minimum absolute atomic E-state index is 0.0417. The Morgan fingerprint density at radius 2 is 1.10 bits per heavy atom. The highest BCUT2D eigenvalue weighted by atomic mass is 31.2. The van der Waals surface area contributed by atoms with Gasteiger partial charge in [0, 0.05) is 30.1 Å². The Kier molecular flexibility index (Phi) is 20.7. The highest BCUT2D eigenvalue weighted by molar-refractivity contribution is 7.74. The molecule has 1 aliphatic rings. The van der Waals surface area contributed by atoms with E-state index in [-0.39, 0.29) is 50.0 Å². The summed E-state index contributed by atoms with van der Waals surface area (Å²) >= 11 is 0. The average Bonchev–Trinajstić information content (AvgIpc) is 3.33. The molecule has 1 heterocycles. The molecule has 1 saturated heterocycles. The maximum Gasteiger partial charge on any atom is 0.261 e. The van der Waals surface area contributed by atoms with E-state index < -0.39 is 67.2 Å². The molecule has 1 fully saturated rings. The maximum atomic E-state index is 14.6. The number of hydrogen-bond acceptors (Lipinski definition) is 10. The number of aryl methyl sites for hydroxylation is 1. The van der Waals surface area contributed by atoms with Crippen molar-refractivity contribution < 1.29 is 42.9 Å². The van der Waals surface area contributed by atoms with Gasteiger partial charge in [-0.1, -0.05) is 125 Å². The first-order valence-corrected chi connectivity index (χ1v) is 25.4. The molecule has 0 bridgehead atoms. The van der Waals surface area contributed by atoms with Gasteiger partial charge in [0.25, 0.3) is 7.37 Å². The van der Waals surface area contributed by atoms with E-state index in [0.29, 0.717) is 49.8 Å². The fourth-order valence-corrected chi connectivity index (χ4v) is 10.1. The second-order valence-electron chi connectivity index (χ2n) is 18.6. The van der Waals surface area contributed by atoms with E-state index in [0.717, 1.165) is 11.1 Å². The van der Waals surface area contributed by atoms with E-state index in [2.05, 4.69) is 21.3 Å². The van der Waals surface area contributed by atoms with Gasteiger partial charge in [-0.2, -0.15) is 0 Å². The molecular formula is C53H70N5O9P. The number of nitrogens with zero attached hydrogens (tertiary/aromatic N) is 1. The van der Waals surface area contributed by atoms with Crippen molar-refractivity contribution >= 4 is 47.4 Å². The lowest BCUT2D eigenvalue weighted by Gasteiger charge is -2.31. The number of benzene rings is 4. The predicted molar refractivity (Wildman–Crippen MR) is 265 cm³/mol. The van der Waals surface area contributed by atoms with Gasteiger partial charge in [0.15, 0.2) is 5.78 Å². The minimum atomic E-state index is -3.79. The van der Waals surface area contributed by atoms with Crippen LogP contribution in [-0.2, 0) is 50.6 Å². The van der Waals surface area contributed by atoms with Crippen molar-refractivity contribution in [3.05, 3.63) is 132 Å². The van der Waals surface area contributed by atoms with Crippen molar-refractivity contribution in [2.24, 2.45) is 11.8 Å². The van der Waals surface area contributed by atoms with Gasteiger partial charge >= 0.3 is 0 Å². The summed E-state index contributed by atoms with van der Waals surface area (Å²) in [5.74, 6) is -2.84. The van der Waals surface area contributed by atoms with Crippen molar-refractivity contribution in [2.45, 2.75) is 103 Å². The Bertz CT molecular complexity index is 2220. The van der Waals surface area contributed by atoms with Crippen LogP contribution >= 0.6 is 7.37 Å². The number of nitrogens with one attached hydrogen (secondary N) is 4. The number of hydrogen-bond donors (Lipinski definition) is 5. The molecule has 0 radical (unpaired) electrons. The zero-order chi connectivity index (χ0) is 49.1. The number of rotatable bonds is 26. The van der Waals surface area contributed by atoms with E-state index in [1.54, 1.807) is 60.7 Å². The molecule has 0 spiro atoms. The van der Waals surface area contributed by atoms with Crippen LogP contribution in [0.4, 0.5) is 0 Å². The van der Waals surface area contributed by atoms with Crippen LogP contribution in [0.2, 0.25) is 0 Å². The average molecular weight is 952 g/mol. The number of aliphatic hydroxyl groups is 1. The van der Waals surface area contributed by atoms with Gasteiger partial charge in [0.05, 0.1) is 32.4 Å². The summed E-state index contributed by atoms with van der Waals surface area (Å²) in [5.41, 5.74) is -0.492. The summed E-state index contributed by atoms with van der Waals surface area (Å²) in [6.45, 7) is 10.7. The second kappa shape index (κ2) is 26.3. The normalized spacial score (nSPS) is 15.9. The summed E-state index contributed by atoms with van der Waals surface area (Å²) in [4.78, 5) is 73.0. The van der Waals surface area contributed by atoms with Gasteiger partial charge in [-0.3, -0.25) is 33.4 Å². The molecule has 4 aromatic carbocycles. The van der Waals surface area contributed by atoms with Crippen molar-refractivity contribution in [2.75, 3.05) is 39.5 Å². The third-order valence-electron chi connectivity index (χ3n) is 11.9. The predicted octanol–water partition coefficient (Wildman–Crippen LogP) is 4.88. The van der Waals surface area contributed by atoms with E-state index >= 15 is 0 Å². The number of Topliss-reactive ketones (excluding diaryl/α,β-unsaturated/α-hetero) is 1. The van der Waals surface area contributed by atoms with Crippen molar-refractivity contribution in [3.8, 4) is 0 Å². The zero-order valence-corrected chi connectivity index (χ0v) is 41.0. The molecule has 14 nitrogen and oxygen atoms in total. The van der Waals surface area contributed by atoms with Crippen molar-refractivity contribution in [1.29, 1.82) is 0 Å². The summed E-state index contributed by atoms with van der Waals surface area (Å²) < 4.78 is 26.1. The largest absolute Gasteiger partial charge is 0.380 e. The van der Waals surface area contributed by atoms with Crippen LogP contribution in [0.1, 0.15) is 71.4 Å². The second-order valence-corrected chi connectivity index (χ2v) is 21.0. The Hall–Kier alpha value is -5.50. The lowest BCUT2D eigenvalue weighted by Crippen LogP contribution is -2.60. The van der Waals surface area contributed by atoms with Gasteiger partial charge in [-0.25, -0.2) is 0 Å². The Balaban J connectivity index is 1.36. The van der Waals surface area contributed by atoms with Crippen LogP contribution in [-0.4, -0.2) is 109 Å². The molecule has 5 atom stereocenters. The highest BCUT2D eigenvalue weighted by Gasteiger charge is 2.41. The van der Waals surface area contributed by atoms with Crippen LogP contribution in [0.5, 0.6) is 0 Å². The number of carbonyl (C=O) groups is 5. The first-order valence-electron chi connectivity index (χ1n) is 23.7. The molecule has 68 heavy (non-hydrogen) atoms. The van der Waals surface area contributed by atoms with E-state index in [1.165, 1.54) is 6.92 Å². The fourth-order valence-electron chi connectivity index (χ4n) is 7.98.